The predicted molar refractivity (Wildman–Crippen MR) is 117 cm³/mol. The number of piperazine rings is 1. The highest BCUT2D eigenvalue weighted by molar-refractivity contribution is 14.1. The first kappa shape index (κ1) is 21.9. The molecule has 0 radical (unpaired) electrons. The monoisotopic (exact) mass is 511 g/mol. The minimum absolute atomic E-state index is 0.140. The Hall–Kier alpha value is -1.76. The van der Waals surface area contributed by atoms with Gasteiger partial charge in [-0.15, -0.1) is 0 Å². The van der Waals surface area contributed by atoms with Gasteiger partial charge < -0.3 is 14.5 Å². The lowest BCUT2D eigenvalue weighted by Crippen LogP contribution is -2.44. The normalized spacial score (nSPS) is 15.3. The van der Waals surface area contributed by atoms with Crippen molar-refractivity contribution in [1.29, 1.82) is 5.26 Å². The summed E-state index contributed by atoms with van der Waals surface area (Å²) in [4.78, 5) is 4.68. The minimum Gasteiger partial charge on any atom is -0.492 e. The summed E-state index contributed by atoms with van der Waals surface area (Å²) in [6.45, 7) is 5.49. The van der Waals surface area contributed by atoms with Crippen LogP contribution in [0.3, 0.4) is 0 Å². The lowest BCUT2D eigenvalue weighted by molar-refractivity contribution is 0.145. The van der Waals surface area contributed by atoms with Gasteiger partial charge in [0.25, 0.3) is 0 Å². The molecule has 0 aromatic heterocycles. The zero-order valence-corrected chi connectivity index (χ0v) is 18.6. The fourth-order valence-corrected chi connectivity index (χ4v) is 3.88. The first-order valence-corrected chi connectivity index (χ1v) is 10.7. The van der Waals surface area contributed by atoms with E-state index in [-0.39, 0.29) is 23.6 Å². The molecule has 0 N–H and O–H groups in total. The number of likely N-dealkylation sites (N-methyl/N-ethyl adjacent to an activating group) is 1. The molecule has 4 nitrogen and oxygen atoms in total. The second kappa shape index (κ2) is 10.3. The first-order chi connectivity index (χ1) is 14.0. The average Bonchev–Trinajstić information content (AvgIpc) is 2.68. The second-order valence-electron chi connectivity index (χ2n) is 7.31. The molecule has 29 heavy (non-hydrogen) atoms. The van der Waals surface area contributed by atoms with Gasteiger partial charge in [-0.05, 0) is 65.4 Å². The molecular weight excluding hydrogens is 487 g/mol. The largest absolute Gasteiger partial charge is 0.492 e. The highest BCUT2D eigenvalue weighted by atomic mass is 127. The highest BCUT2D eigenvalue weighted by Gasteiger charge is 2.16. The Morgan fingerprint density at radius 2 is 1.86 bits per heavy atom. The van der Waals surface area contributed by atoms with Crippen LogP contribution in [0.25, 0.3) is 0 Å². The van der Waals surface area contributed by atoms with Gasteiger partial charge in [0, 0.05) is 48.8 Å². The molecule has 0 aliphatic carbocycles. The molecule has 1 aliphatic rings. The third-order valence-corrected chi connectivity index (χ3v) is 5.80. The first-order valence-electron chi connectivity index (χ1n) is 9.66. The Morgan fingerprint density at radius 1 is 1.10 bits per heavy atom. The van der Waals surface area contributed by atoms with Gasteiger partial charge in [0.2, 0.25) is 0 Å². The van der Waals surface area contributed by atoms with Gasteiger partial charge in [0.1, 0.15) is 23.5 Å². The van der Waals surface area contributed by atoms with E-state index >= 15 is 0 Å². The third kappa shape index (κ3) is 6.11. The Balaban J connectivity index is 1.65. The van der Waals surface area contributed by atoms with Crippen molar-refractivity contribution in [3.8, 4) is 11.8 Å². The fourth-order valence-electron chi connectivity index (χ4n) is 3.43. The molecule has 1 saturated heterocycles. The van der Waals surface area contributed by atoms with Crippen molar-refractivity contribution in [1.82, 2.24) is 9.80 Å². The molecule has 0 bridgehead atoms. The van der Waals surface area contributed by atoms with Crippen LogP contribution in [0.4, 0.5) is 8.78 Å². The van der Waals surface area contributed by atoms with E-state index in [0.717, 1.165) is 42.7 Å². The summed E-state index contributed by atoms with van der Waals surface area (Å²) in [5.41, 5.74) is 1.12. The van der Waals surface area contributed by atoms with E-state index in [1.54, 1.807) is 12.1 Å². The number of ether oxygens (including phenoxy) is 1. The smallest absolute Gasteiger partial charge is 0.140 e. The molecule has 0 atom stereocenters. The van der Waals surface area contributed by atoms with E-state index in [4.69, 9.17) is 4.74 Å². The van der Waals surface area contributed by atoms with Crippen molar-refractivity contribution in [2.45, 2.75) is 12.8 Å². The van der Waals surface area contributed by atoms with Crippen molar-refractivity contribution < 1.29 is 13.5 Å². The van der Waals surface area contributed by atoms with Crippen LogP contribution in [0, 0.1) is 26.5 Å². The van der Waals surface area contributed by atoms with E-state index in [0.29, 0.717) is 17.7 Å². The molecular formula is C22H24F2IN3O. The Morgan fingerprint density at radius 3 is 2.55 bits per heavy atom. The minimum atomic E-state index is -0.487. The number of hydrogen-bond donors (Lipinski definition) is 0. The maximum atomic E-state index is 14.2. The van der Waals surface area contributed by atoms with E-state index in [1.165, 1.54) is 18.2 Å². The van der Waals surface area contributed by atoms with Crippen molar-refractivity contribution in [3.63, 3.8) is 0 Å². The van der Waals surface area contributed by atoms with Gasteiger partial charge in [0.05, 0.1) is 12.2 Å². The predicted octanol–water partition coefficient (Wildman–Crippen LogP) is 4.05. The summed E-state index contributed by atoms with van der Waals surface area (Å²) in [5.74, 6) is -0.620. The van der Waals surface area contributed by atoms with Crippen LogP contribution in [0.2, 0.25) is 0 Å². The van der Waals surface area contributed by atoms with E-state index in [2.05, 4.69) is 22.9 Å². The van der Waals surface area contributed by atoms with E-state index in [1.807, 2.05) is 22.6 Å². The molecule has 3 rings (SSSR count). The van der Waals surface area contributed by atoms with Crippen LogP contribution in [0.15, 0.2) is 30.3 Å². The van der Waals surface area contributed by atoms with Crippen LogP contribution in [0.5, 0.6) is 5.75 Å². The molecule has 154 valence electrons. The van der Waals surface area contributed by atoms with Crippen LogP contribution in [0.1, 0.15) is 23.1 Å². The van der Waals surface area contributed by atoms with E-state index in [9.17, 15) is 14.0 Å². The SMILES string of the molecule is CN1CCN(CCCOc2cc(F)cc(Cc3ccc(I)cc3F)c2C#N)CC1. The molecule has 1 aliphatic heterocycles. The third-order valence-electron chi connectivity index (χ3n) is 5.13. The molecule has 2 aromatic rings. The van der Waals surface area contributed by atoms with Crippen LogP contribution < -0.4 is 4.74 Å². The van der Waals surface area contributed by atoms with E-state index < -0.39 is 5.82 Å². The average molecular weight is 511 g/mol. The van der Waals surface area contributed by atoms with Crippen molar-refractivity contribution in [2.75, 3.05) is 46.4 Å². The number of nitrogens with zero attached hydrogens (tertiary/aromatic N) is 3. The molecule has 0 spiro atoms. The highest BCUT2D eigenvalue weighted by Crippen LogP contribution is 2.27. The standard InChI is InChI=1S/C22H24F2IN3O/c1-27-6-8-28(9-7-27)5-2-10-29-22-13-18(23)12-17(20(22)15-26)11-16-3-4-19(25)14-21(16)24/h3-4,12-14H,2,5-11H2,1H3. The number of hydrogen-bond acceptors (Lipinski definition) is 4. The van der Waals surface area contributed by atoms with Crippen LogP contribution in [-0.2, 0) is 6.42 Å². The molecule has 0 saturated carbocycles. The summed E-state index contributed by atoms with van der Waals surface area (Å²) in [6.07, 6.45) is 0.938. The zero-order valence-electron chi connectivity index (χ0n) is 16.4. The summed E-state index contributed by atoms with van der Waals surface area (Å²) in [6, 6.07) is 9.51. The van der Waals surface area contributed by atoms with Crippen molar-refractivity contribution >= 4 is 22.6 Å². The maximum Gasteiger partial charge on any atom is 0.140 e. The molecule has 1 heterocycles. The van der Waals surface area contributed by atoms with Gasteiger partial charge in [0.15, 0.2) is 0 Å². The van der Waals surface area contributed by atoms with Crippen LogP contribution in [-0.4, -0.2) is 56.2 Å². The van der Waals surface area contributed by atoms with Gasteiger partial charge in [-0.25, -0.2) is 8.78 Å². The topological polar surface area (TPSA) is 39.5 Å². The summed E-state index contributed by atoms with van der Waals surface area (Å²) in [5, 5.41) is 9.61. The summed E-state index contributed by atoms with van der Waals surface area (Å²) in [7, 11) is 2.12. The maximum absolute atomic E-state index is 14.2. The lowest BCUT2D eigenvalue weighted by Gasteiger charge is -2.32. The Kier molecular flexibility index (Phi) is 7.81. The number of benzene rings is 2. The Bertz CT molecular complexity index is 892. The Labute approximate surface area is 184 Å². The molecule has 7 heteroatoms. The second-order valence-corrected chi connectivity index (χ2v) is 8.55. The van der Waals surface area contributed by atoms with Gasteiger partial charge in [-0.2, -0.15) is 5.26 Å². The quantitative estimate of drug-likeness (QED) is 0.416. The van der Waals surface area contributed by atoms with Gasteiger partial charge in [-0.1, -0.05) is 6.07 Å². The lowest BCUT2D eigenvalue weighted by atomic mass is 9.99. The molecule has 1 fully saturated rings. The van der Waals surface area contributed by atoms with Crippen molar-refractivity contribution in [2.24, 2.45) is 0 Å². The zero-order chi connectivity index (χ0) is 20.8. The van der Waals surface area contributed by atoms with Gasteiger partial charge in [-0.3, -0.25) is 0 Å². The van der Waals surface area contributed by atoms with Gasteiger partial charge >= 0.3 is 0 Å². The number of rotatable bonds is 7. The van der Waals surface area contributed by atoms with Crippen LogP contribution >= 0.6 is 22.6 Å². The van der Waals surface area contributed by atoms with Crippen molar-refractivity contribution in [3.05, 3.63) is 62.2 Å². The molecule has 0 unspecified atom stereocenters. The molecule has 0 amide bonds. The summed E-state index contributed by atoms with van der Waals surface area (Å²) >= 11 is 2.04. The fraction of sp³-hybridized carbons (Fsp3) is 0.409. The molecule has 2 aromatic carbocycles. The number of nitriles is 1. The number of halogens is 3. The summed E-state index contributed by atoms with van der Waals surface area (Å²) < 4.78 is 34.9.